The summed E-state index contributed by atoms with van der Waals surface area (Å²) in [5.41, 5.74) is 2.03. The first-order chi connectivity index (χ1) is 20.1. The Morgan fingerprint density at radius 1 is 0.889 bits per heavy atom. The molecule has 0 bridgehead atoms. The molecular weight excluding hydrogens is 578 g/mol. The molecule has 2 rings (SSSR count). The second-order valence-corrected chi connectivity index (χ2v) is 10.3. The van der Waals surface area contributed by atoms with Crippen LogP contribution in [0.15, 0.2) is 24.3 Å². The molecule has 45 heavy (non-hydrogen) atoms. The molecule has 0 atom stereocenters. The summed E-state index contributed by atoms with van der Waals surface area (Å²) in [7, 11) is 1.84. The Labute approximate surface area is 274 Å². The van der Waals surface area contributed by atoms with Gasteiger partial charge in [0.25, 0.3) is 0 Å². The molecule has 2 saturated heterocycles. The minimum atomic E-state index is -0.0259. The molecule has 2 fully saturated rings. The molecule has 5 amide bonds. The number of nitrogens with one attached hydrogen (secondary N) is 2. The third-order valence-electron chi connectivity index (χ3n) is 5.59. The van der Waals surface area contributed by atoms with Gasteiger partial charge >= 0.3 is 0 Å². The number of nitrogens with zero attached hydrogens (tertiary/aromatic N) is 3. The first kappa shape index (κ1) is 51.3. The van der Waals surface area contributed by atoms with E-state index in [0.29, 0.717) is 38.8 Å². The SMILES string of the molecule is C.C.C=C(C)CCNC(C)=O.C=C(C)CN(CCO)C(C)=O.CC(=O)N1CCOCC1.CCCNC(C)=O.CN1CCCC1=O. The Morgan fingerprint density at radius 2 is 1.40 bits per heavy atom. The highest BCUT2D eigenvalue weighted by atomic mass is 16.5. The highest BCUT2D eigenvalue weighted by Gasteiger charge is 2.14. The topological polar surface area (TPSA) is 149 Å². The Kier molecular flexibility index (Phi) is 38.4. The molecule has 2 aliphatic heterocycles. The van der Waals surface area contributed by atoms with Crippen molar-refractivity contribution in [1.82, 2.24) is 25.3 Å². The molecule has 0 aromatic heterocycles. The van der Waals surface area contributed by atoms with E-state index in [4.69, 9.17) is 9.84 Å². The number of carbonyl (C=O) groups excluding carboxylic acids is 5. The van der Waals surface area contributed by atoms with Crippen molar-refractivity contribution in [1.29, 1.82) is 0 Å². The molecule has 0 aromatic rings. The quantitative estimate of drug-likeness (QED) is 0.326. The minimum Gasteiger partial charge on any atom is -0.395 e. The Balaban J connectivity index is -0.000000148. The fraction of sp³-hybridized carbons (Fsp3) is 0.727. The number of likely N-dealkylation sites (tertiary alicyclic amines) is 1. The van der Waals surface area contributed by atoms with Gasteiger partial charge in [-0.3, -0.25) is 24.0 Å². The zero-order valence-corrected chi connectivity index (χ0v) is 28.1. The molecule has 2 heterocycles. The van der Waals surface area contributed by atoms with Gasteiger partial charge < -0.3 is 35.2 Å². The van der Waals surface area contributed by atoms with Crippen molar-refractivity contribution in [3.8, 4) is 0 Å². The lowest BCUT2D eigenvalue weighted by molar-refractivity contribution is -0.133. The molecule has 12 nitrogen and oxygen atoms in total. The first-order valence-corrected chi connectivity index (χ1v) is 14.8. The molecular formula is C33H67N5O7. The molecule has 12 heteroatoms. The summed E-state index contributed by atoms with van der Waals surface area (Å²) in [4.78, 5) is 57.5. The van der Waals surface area contributed by atoms with Crippen molar-refractivity contribution in [3.63, 3.8) is 0 Å². The molecule has 0 unspecified atom stereocenters. The van der Waals surface area contributed by atoms with Crippen molar-refractivity contribution < 1.29 is 33.8 Å². The second-order valence-electron chi connectivity index (χ2n) is 10.3. The number of carbonyl (C=O) groups is 5. The van der Waals surface area contributed by atoms with Crippen LogP contribution in [0.3, 0.4) is 0 Å². The Morgan fingerprint density at radius 3 is 1.64 bits per heavy atom. The predicted molar refractivity (Wildman–Crippen MR) is 185 cm³/mol. The van der Waals surface area contributed by atoms with Gasteiger partial charge in [0.1, 0.15) is 0 Å². The van der Waals surface area contributed by atoms with Crippen LogP contribution in [0.2, 0.25) is 0 Å². The van der Waals surface area contributed by atoms with Gasteiger partial charge in [0.05, 0.1) is 19.8 Å². The van der Waals surface area contributed by atoms with Crippen molar-refractivity contribution in [2.45, 2.75) is 89.0 Å². The van der Waals surface area contributed by atoms with Crippen LogP contribution in [0, 0.1) is 0 Å². The van der Waals surface area contributed by atoms with Crippen LogP contribution in [-0.2, 0) is 28.7 Å². The van der Waals surface area contributed by atoms with E-state index in [1.807, 2.05) is 27.8 Å². The van der Waals surface area contributed by atoms with E-state index in [1.54, 1.807) is 21.6 Å². The second kappa shape index (κ2) is 33.6. The Hall–Kier alpha value is -3.25. The van der Waals surface area contributed by atoms with Gasteiger partial charge in [-0.25, -0.2) is 0 Å². The van der Waals surface area contributed by atoms with E-state index >= 15 is 0 Å². The number of ether oxygens (including phenoxy) is 1. The van der Waals surface area contributed by atoms with E-state index in [0.717, 1.165) is 63.0 Å². The van der Waals surface area contributed by atoms with Crippen molar-refractivity contribution in [2.75, 3.05) is 72.7 Å². The maximum Gasteiger partial charge on any atom is 0.222 e. The van der Waals surface area contributed by atoms with Crippen molar-refractivity contribution >= 4 is 29.5 Å². The summed E-state index contributed by atoms with van der Waals surface area (Å²) in [6.07, 6.45) is 3.70. The van der Waals surface area contributed by atoms with Gasteiger partial charge in [0, 0.05) is 87.0 Å². The highest BCUT2D eigenvalue weighted by Crippen LogP contribution is 2.04. The predicted octanol–water partition coefficient (Wildman–Crippen LogP) is 3.40. The lowest BCUT2D eigenvalue weighted by Gasteiger charge is -2.25. The molecule has 0 aliphatic carbocycles. The summed E-state index contributed by atoms with van der Waals surface area (Å²) in [5.74, 6) is 0.499. The molecule has 3 N–H and O–H groups in total. The number of morpholine rings is 1. The normalized spacial score (nSPS) is 12.6. The van der Waals surface area contributed by atoms with Gasteiger partial charge in [-0.1, -0.05) is 39.5 Å². The third-order valence-corrected chi connectivity index (χ3v) is 5.59. The summed E-state index contributed by atoms with van der Waals surface area (Å²) < 4.78 is 5.06. The number of rotatable bonds is 9. The van der Waals surface area contributed by atoms with Gasteiger partial charge in [0.15, 0.2) is 0 Å². The maximum absolute atomic E-state index is 10.8. The molecule has 0 aromatic carbocycles. The largest absolute Gasteiger partial charge is 0.395 e. The van der Waals surface area contributed by atoms with E-state index < -0.39 is 0 Å². The van der Waals surface area contributed by atoms with Gasteiger partial charge in [-0.15, -0.1) is 6.58 Å². The number of hydrogen-bond donors (Lipinski definition) is 3. The summed E-state index contributed by atoms with van der Waals surface area (Å²) >= 11 is 0. The standard InChI is InChI=1S/C8H15NO2.C7H13NO.C6H11NO2.C5H9NO.C5H11NO.2CH4/c1-7(2)6-9(4-5-10)8(3)11;1-6(2)4-5-8-7(3)9;1-6(8)7-2-4-9-5-3-7;1-6-4-2-3-5(6)7;1-3-4-6-5(2)7;;/h10H,1,4-6H2,2-3H3;1,4-5H2,2-3H3,(H,8,9);2-5H2,1H3;2-4H2,1H3;3-4H2,1-2H3,(H,6,7);2*1H4. The van der Waals surface area contributed by atoms with E-state index in [9.17, 15) is 24.0 Å². The van der Waals surface area contributed by atoms with Crippen LogP contribution >= 0.6 is 0 Å². The summed E-state index contributed by atoms with van der Waals surface area (Å²) in [6.45, 7) is 25.6. The fourth-order valence-electron chi connectivity index (χ4n) is 3.21. The minimum absolute atomic E-state index is 0. The maximum atomic E-state index is 10.8. The van der Waals surface area contributed by atoms with E-state index in [2.05, 4.69) is 23.8 Å². The van der Waals surface area contributed by atoms with Crippen LogP contribution in [0.1, 0.15) is 89.0 Å². The molecule has 266 valence electrons. The monoisotopic (exact) mass is 646 g/mol. The Bertz CT molecular complexity index is 829. The molecule has 0 spiro atoms. The number of aliphatic hydroxyl groups is 1. The first-order valence-electron chi connectivity index (χ1n) is 14.8. The van der Waals surface area contributed by atoms with E-state index in [1.165, 1.54) is 20.8 Å². The smallest absolute Gasteiger partial charge is 0.222 e. The average molecular weight is 646 g/mol. The van der Waals surface area contributed by atoms with Crippen LogP contribution < -0.4 is 10.6 Å². The van der Waals surface area contributed by atoms with Crippen LogP contribution in [0.4, 0.5) is 0 Å². The highest BCUT2D eigenvalue weighted by molar-refractivity contribution is 5.77. The van der Waals surface area contributed by atoms with Gasteiger partial charge in [-0.05, 0) is 33.1 Å². The lowest BCUT2D eigenvalue weighted by Crippen LogP contribution is -2.39. The summed E-state index contributed by atoms with van der Waals surface area (Å²) in [6, 6.07) is 0. The van der Waals surface area contributed by atoms with Crippen LogP contribution in [0.5, 0.6) is 0 Å². The van der Waals surface area contributed by atoms with Crippen molar-refractivity contribution in [3.05, 3.63) is 24.3 Å². The van der Waals surface area contributed by atoms with Crippen LogP contribution in [0.25, 0.3) is 0 Å². The molecule has 2 aliphatic rings. The molecule has 0 radical (unpaired) electrons. The summed E-state index contributed by atoms with van der Waals surface area (Å²) in [5, 5.41) is 13.9. The van der Waals surface area contributed by atoms with Crippen LogP contribution in [-0.4, -0.2) is 122 Å². The van der Waals surface area contributed by atoms with Crippen molar-refractivity contribution in [2.24, 2.45) is 0 Å². The zero-order chi connectivity index (χ0) is 33.8. The number of hydrogen-bond acceptors (Lipinski definition) is 7. The van der Waals surface area contributed by atoms with E-state index in [-0.39, 0.29) is 45.1 Å². The van der Waals surface area contributed by atoms with Gasteiger partial charge in [0.2, 0.25) is 29.5 Å². The zero-order valence-electron chi connectivity index (χ0n) is 28.1. The number of amides is 5. The fourth-order valence-corrected chi connectivity index (χ4v) is 3.21. The molecule has 0 saturated carbocycles. The third kappa shape index (κ3) is 38.7. The van der Waals surface area contributed by atoms with Gasteiger partial charge in [-0.2, -0.15) is 0 Å². The number of aliphatic hydroxyl groups excluding tert-OH is 1. The average Bonchev–Trinajstić information content (AvgIpc) is 3.30. The lowest BCUT2D eigenvalue weighted by atomic mass is 10.2.